The summed E-state index contributed by atoms with van der Waals surface area (Å²) in [7, 11) is 0. The minimum Gasteiger partial charge on any atom is -0.303 e. The molecule has 0 N–H and O–H groups in total. The van der Waals surface area contributed by atoms with Crippen LogP contribution in [0.2, 0.25) is 0 Å². The third kappa shape index (κ3) is 14.4. The molecule has 1 aromatic carbocycles. The number of rotatable bonds is 10. The molecule has 0 spiro atoms. The van der Waals surface area contributed by atoms with E-state index in [4.69, 9.17) is 0 Å². The van der Waals surface area contributed by atoms with Crippen LogP contribution in [-0.2, 0) is 36.2 Å². The van der Waals surface area contributed by atoms with Gasteiger partial charge in [-0.15, -0.1) is 0 Å². The van der Waals surface area contributed by atoms with E-state index >= 15 is 0 Å². The Balaban J connectivity index is 0. The van der Waals surface area contributed by atoms with Crippen molar-refractivity contribution < 1.29 is 23.4 Å². The van der Waals surface area contributed by atoms with E-state index in [1.165, 1.54) is 62.5 Å². The van der Waals surface area contributed by atoms with Gasteiger partial charge in [0.25, 0.3) is 0 Å². The van der Waals surface area contributed by atoms with E-state index < -0.39 is 0 Å². The van der Waals surface area contributed by atoms with Crippen molar-refractivity contribution in [3.05, 3.63) is 35.4 Å². The second-order valence-electron chi connectivity index (χ2n) is 5.75. The van der Waals surface area contributed by atoms with E-state index in [1.54, 1.807) is 0 Å². The van der Waals surface area contributed by atoms with Crippen LogP contribution in [0.1, 0.15) is 83.3 Å². The zero-order valence-electron chi connectivity index (χ0n) is 14.8. The molecule has 0 fully saturated rings. The molecular weight excluding hydrogens is 307 g/mol. The van der Waals surface area contributed by atoms with Crippen molar-refractivity contribution in [2.75, 3.05) is 0 Å². The average Bonchev–Trinajstić information content (AvgIpc) is 2.51. The maximum absolute atomic E-state index is 10.3. The normalized spacial score (nSPS) is 9.41. The third-order valence-corrected chi connectivity index (χ3v) is 3.39. The first-order chi connectivity index (χ1) is 10.3. The molecule has 0 atom stereocenters. The maximum Gasteiger partial charge on any atom is 0.120 e. The van der Waals surface area contributed by atoms with Crippen LogP contribution >= 0.6 is 0 Å². The minimum atomic E-state index is 0. The van der Waals surface area contributed by atoms with E-state index in [2.05, 4.69) is 45.0 Å². The first-order valence-corrected chi connectivity index (χ1v) is 8.79. The van der Waals surface area contributed by atoms with Gasteiger partial charge in [-0.2, -0.15) is 0 Å². The number of carbonyl (C=O) groups excluding carboxylic acids is 1. The van der Waals surface area contributed by atoms with Gasteiger partial charge in [-0.05, 0) is 30.4 Å². The summed E-state index contributed by atoms with van der Waals surface area (Å²) in [5.41, 5.74) is 2.70. The Morgan fingerprint density at radius 2 is 1.23 bits per heavy atom. The fraction of sp³-hybridized carbons (Fsp3) is 0.650. The molecule has 0 saturated heterocycles. The molecule has 0 aromatic heterocycles. The van der Waals surface area contributed by atoms with Crippen molar-refractivity contribution >= 4 is 6.29 Å². The molecule has 125 valence electrons. The summed E-state index contributed by atoms with van der Waals surface area (Å²) in [4.78, 5) is 10.3. The third-order valence-electron chi connectivity index (χ3n) is 3.39. The second-order valence-corrected chi connectivity index (χ2v) is 5.75. The number of benzene rings is 1. The number of unbranched alkanes of at least 4 members (excludes halogenated alkanes) is 5. The van der Waals surface area contributed by atoms with E-state index in [9.17, 15) is 4.79 Å². The fourth-order valence-electron chi connectivity index (χ4n) is 2.21. The van der Waals surface area contributed by atoms with Gasteiger partial charge in [-0.25, -0.2) is 0 Å². The Labute approximate surface area is 150 Å². The number of aryl methyl sites for hydroxylation is 2. The Kier molecular flexibility index (Phi) is 20.0. The van der Waals surface area contributed by atoms with Gasteiger partial charge in [-0.3, -0.25) is 0 Å². The smallest absolute Gasteiger partial charge is 0.120 e. The van der Waals surface area contributed by atoms with Gasteiger partial charge in [0.15, 0.2) is 0 Å². The van der Waals surface area contributed by atoms with Crippen molar-refractivity contribution in [1.29, 1.82) is 0 Å². The van der Waals surface area contributed by atoms with Crippen LogP contribution in [-0.4, -0.2) is 6.29 Å². The SMILES string of the molecule is CCC.CCCCCCCCc1ccc(CCC=O)cc1.[V]. The molecule has 0 unspecified atom stereocenters. The molecule has 0 heterocycles. The van der Waals surface area contributed by atoms with Crippen molar-refractivity contribution in [3.63, 3.8) is 0 Å². The minimum absolute atomic E-state index is 0. The summed E-state index contributed by atoms with van der Waals surface area (Å²) >= 11 is 0. The summed E-state index contributed by atoms with van der Waals surface area (Å²) in [6.07, 6.45) is 13.1. The maximum atomic E-state index is 10.3. The van der Waals surface area contributed by atoms with Gasteiger partial charge >= 0.3 is 0 Å². The Bertz CT molecular complexity index is 332. The predicted octanol–water partition coefficient (Wildman–Crippen LogP) is 6.13. The Hall–Kier alpha value is -0.526. The summed E-state index contributed by atoms with van der Waals surface area (Å²) in [5, 5.41) is 0. The van der Waals surface area contributed by atoms with E-state index in [1.807, 2.05) is 0 Å². The van der Waals surface area contributed by atoms with Crippen molar-refractivity contribution in [3.8, 4) is 0 Å². The van der Waals surface area contributed by atoms with Crippen LogP contribution in [0.5, 0.6) is 0 Å². The van der Waals surface area contributed by atoms with Crippen molar-refractivity contribution in [2.24, 2.45) is 0 Å². The first kappa shape index (κ1) is 23.7. The van der Waals surface area contributed by atoms with Gasteiger partial charge in [0.1, 0.15) is 6.29 Å². The van der Waals surface area contributed by atoms with Crippen molar-refractivity contribution in [2.45, 2.75) is 85.0 Å². The quantitative estimate of drug-likeness (QED) is 0.369. The van der Waals surface area contributed by atoms with Crippen LogP contribution < -0.4 is 0 Å². The molecule has 1 aromatic rings. The van der Waals surface area contributed by atoms with Crippen LogP contribution in [0.4, 0.5) is 0 Å². The first-order valence-electron chi connectivity index (χ1n) is 8.79. The van der Waals surface area contributed by atoms with Gasteiger partial charge in [-0.1, -0.05) is 83.6 Å². The topological polar surface area (TPSA) is 17.1 Å². The molecule has 2 heteroatoms. The number of hydrogen-bond acceptors (Lipinski definition) is 1. The summed E-state index contributed by atoms with van der Waals surface area (Å²) < 4.78 is 0. The molecule has 0 aliphatic rings. The van der Waals surface area contributed by atoms with E-state index in [-0.39, 0.29) is 18.6 Å². The molecule has 0 saturated carbocycles. The summed E-state index contributed by atoms with van der Waals surface area (Å²) in [5.74, 6) is 0. The zero-order valence-corrected chi connectivity index (χ0v) is 16.2. The molecule has 1 rings (SSSR count). The molecule has 0 bridgehead atoms. The van der Waals surface area contributed by atoms with Gasteiger partial charge in [0.05, 0.1) is 0 Å². The van der Waals surface area contributed by atoms with Crippen LogP contribution in [0, 0.1) is 0 Å². The fourth-order valence-corrected chi connectivity index (χ4v) is 2.21. The standard InChI is InChI=1S/C17H26O.C3H8.V/c1-2-3-4-5-6-7-9-16-11-13-17(14-12-16)10-8-15-18;1-3-2;/h11-15H,2-10H2,1H3;3H2,1-2H3;. The zero-order chi connectivity index (χ0) is 15.8. The molecule has 1 nitrogen and oxygen atoms in total. The predicted molar refractivity (Wildman–Crippen MR) is 93.9 cm³/mol. The second kappa shape index (κ2) is 18.5. The van der Waals surface area contributed by atoms with Crippen molar-refractivity contribution in [1.82, 2.24) is 0 Å². The van der Waals surface area contributed by atoms with Crippen LogP contribution in [0.25, 0.3) is 0 Å². The molecular formula is C20H34OV. The van der Waals surface area contributed by atoms with Gasteiger partial charge < -0.3 is 4.79 Å². The average molecular weight is 341 g/mol. The number of carbonyl (C=O) groups is 1. The molecule has 0 aliphatic carbocycles. The Morgan fingerprint density at radius 1 is 0.773 bits per heavy atom. The summed E-state index contributed by atoms with van der Waals surface area (Å²) in [6, 6.07) is 8.75. The Morgan fingerprint density at radius 3 is 1.73 bits per heavy atom. The molecule has 0 aliphatic heterocycles. The number of hydrogen-bond donors (Lipinski definition) is 0. The number of aldehydes is 1. The summed E-state index contributed by atoms with van der Waals surface area (Å²) in [6.45, 7) is 6.51. The van der Waals surface area contributed by atoms with Crippen LogP contribution in [0.3, 0.4) is 0 Å². The molecule has 1 radical (unpaired) electrons. The molecule has 0 amide bonds. The van der Waals surface area contributed by atoms with Gasteiger partial charge in [0.2, 0.25) is 0 Å². The van der Waals surface area contributed by atoms with Crippen LogP contribution in [0.15, 0.2) is 24.3 Å². The van der Waals surface area contributed by atoms with E-state index in [0.717, 1.165) is 12.7 Å². The molecule has 22 heavy (non-hydrogen) atoms. The largest absolute Gasteiger partial charge is 0.303 e. The monoisotopic (exact) mass is 341 g/mol. The van der Waals surface area contributed by atoms with E-state index in [0.29, 0.717) is 6.42 Å². The van der Waals surface area contributed by atoms with Gasteiger partial charge in [0, 0.05) is 25.0 Å².